The van der Waals surface area contributed by atoms with E-state index in [0.29, 0.717) is 12.0 Å². The predicted molar refractivity (Wildman–Crippen MR) is 77.4 cm³/mol. The smallest absolute Gasteiger partial charge is 0.237 e. The molecule has 0 aliphatic rings. The number of nitrogens with two attached hydrogens (primary N) is 1. The Morgan fingerprint density at radius 3 is 2.33 bits per heavy atom. The van der Waals surface area contributed by atoms with Crippen LogP contribution in [0.5, 0.6) is 0 Å². The Morgan fingerprint density at radius 1 is 1.39 bits per heavy atom. The summed E-state index contributed by atoms with van der Waals surface area (Å²) >= 11 is 0. The number of likely N-dealkylation sites (N-methyl/N-ethyl adjacent to an activating group) is 1. The van der Waals surface area contributed by atoms with Crippen molar-refractivity contribution in [2.45, 2.75) is 59.0 Å². The highest BCUT2D eigenvalue weighted by atomic mass is 16.1. The van der Waals surface area contributed by atoms with Crippen LogP contribution in [0.15, 0.2) is 0 Å². The SMILES string of the molecule is CCNC(C)(CCCN(C)C(C)C(C)C)C(N)=O. The number of carbonyl (C=O) groups excluding carboxylic acids is 1. The number of rotatable bonds is 9. The summed E-state index contributed by atoms with van der Waals surface area (Å²) in [5, 5.41) is 3.19. The van der Waals surface area contributed by atoms with E-state index >= 15 is 0 Å². The van der Waals surface area contributed by atoms with Gasteiger partial charge in [-0.2, -0.15) is 0 Å². The van der Waals surface area contributed by atoms with Crippen molar-refractivity contribution in [3.8, 4) is 0 Å². The van der Waals surface area contributed by atoms with Crippen LogP contribution in [0.1, 0.15) is 47.5 Å². The number of nitrogens with zero attached hydrogens (tertiary/aromatic N) is 1. The molecule has 3 N–H and O–H groups in total. The summed E-state index contributed by atoms with van der Waals surface area (Å²) in [6.07, 6.45) is 1.76. The van der Waals surface area contributed by atoms with Crippen molar-refractivity contribution in [3.05, 3.63) is 0 Å². The van der Waals surface area contributed by atoms with Gasteiger partial charge in [0.25, 0.3) is 0 Å². The van der Waals surface area contributed by atoms with E-state index in [1.807, 2.05) is 13.8 Å². The molecule has 2 unspecified atom stereocenters. The molecule has 0 saturated heterocycles. The number of carbonyl (C=O) groups is 1. The van der Waals surface area contributed by atoms with Crippen LogP contribution in [0.3, 0.4) is 0 Å². The van der Waals surface area contributed by atoms with E-state index in [1.165, 1.54) is 0 Å². The van der Waals surface area contributed by atoms with Gasteiger partial charge in [-0.3, -0.25) is 4.79 Å². The van der Waals surface area contributed by atoms with Crippen molar-refractivity contribution in [2.24, 2.45) is 11.7 Å². The van der Waals surface area contributed by atoms with Gasteiger partial charge in [0.15, 0.2) is 0 Å². The highest BCUT2D eigenvalue weighted by Gasteiger charge is 2.29. The fourth-order valence-electron chi connectivity index (χ4n) is 2.08. The van der Waals surface area contributed by atoms with Crippen LogP contribution in [0.2, 0.25) is 0 Å². The van der Waals surface area contributed by atoms with Gasteiger partial charge in [-0.15, -0.1) is 0 Å². The summed E-state index contributed by atoms with van der Waals surface area (Å²) in [6, 6.07) is 0.559. The maximum Gasteiger partial charge on any atom is 0.237 e. The second kappa shape index (κ2) is 7.74. The molecular formula is C14H31N3O. The lowest BCUT2D eigenvalue weighted by atomic mass is 9.94. The highest BCUT2D eigenvalue weighted by Crippen LogP contribution is 2.14. The van der Waals surface area contributed by atoms with Gasteiger partial charge in [0.1, 0.15) is 0 Å². The van der Waals surface area contributed by atoms with Crippen LogP contribution in [0.25, 0.3) is 0 Å². The zero-order chi connectivity index (χ0) is 14.3. The number of nitrogens with one attached hydrogen (secondary N) is 1. The molecule has 0 spiro atoms. The first-order valence-electron chi connectivity index (χ1n) is 6.99. The van der Waals surface area contributed by atoms with Gasteiger partial charge in [-0.1, -0.05) is 20.8 Å². The van der Waals surface area contributed by atoms with Gasteiger partial charge in [0.2, 0.25) is 5.91 Å². The molecule has 18 heavy (non-hydrogen) atoms. The van der Waals surface area contributed by atoms with E-state index in [1.54, 1.807) is 0 Å². The summed E-state index contributed by atoms with van der Waals surface area (Å²) in [6.45, 7) is 12.3. The molecule has 0 aliphatic heterocycles. The first-order chi connectivity index (χ1) is 8.24. The van der Waals surface area contributed by atoms with Gasteiger partial charge in [-0.25, -0.2) is 0 Å². The molecule has 4 nitrogen and oxygen atoms in total. The molecule has 0 aliphatic carbocycles. The number of hydrogen-bond donors (Lipinski definition) is 2. The number of hydrogen-bond acceptors (Lipinski definition) is 3. The minimum absolute atomic E-state index is 0.260. The first-order valence-corrected chi connectivity index (χ1v) is 6.99. The Balaban J connectivity index is 4.19. The summed E-state index contributed by atoms with van der Waals surface area (Å²) < 4.78 is 0. The Labute approximate surface area is 112 Å². The van der Waals surface area contributed by atoms with E-state index in [4.69, 9.17) is 5.73 Å². The zero-order valence-corrected chi connectivity index (χ0v) is 12.9. The van der Waals surface area contributed by atoms with Gasteiger partial charge >= 0.3 is 0 Å². The topological polar surface area (TPSA) is 58.4 Å². The summed E-state index contributed by atoms with van der Waals surface area (Å²) in [5.74, 6) is 0.384. The maximum absolute atomic E-state index is 11.5. The van der Waals surface area contributed by atoms with Crippen molar-refractivity contribution in [2.75, 3.05) is 20.1 Å². The van der Waals surface area contributed by atoms with Crippen molar-refractivity contribution in [3.63, 3.8) is 0 Å². The highest BCUT2D eigenvalue weighted by molar-refractivity contribution is 5.84. The van der Waals surface area contributed by atoms with E-state index < -0.39 is 5.54 Å². The predicted octanol–water partition coefficient (Wildman–Crippen LogP) is 1.60. The van der Waals surface area contributed by atoms with Crippen LogP contribution in [-0.2, 0) is 4.79 Å². The Morgan fingerprint density at radius 2 is 1.94 bits per heavy atom. The van der Waals surface area contributed by atoms with Gasteiger partial charge in [0.05, 0.1) is 5.54 Å². The molecule has 0 heterocycles. The van der Waals surface area contributed by atoms with Crippen molar-refractivity contribution in [1.82, 2.24) is 10.2 Å². The third kappa shape index (κ3) is 5.36. The van der Waals surface area contributed by atoms with Crippen LogP contribution < -0.4 is 11.1 Å². The van der Waals surface area contributed by atoms with E-state index in [-0.39, 0.29) is 5.91 Å². The fraction of sp³-hybridized carbons (Fsp3) is 0.929. The second-order valence-electron chi connectivity index (χ2n) is 5.80. The molecule has 0 aromatic rings. The molecule has 0 radical (unpaired) electrons. The molecule has 0 rings (SSSR count). The summed E-state index contributed by atoms with van der Waals surface area (Å²) in [4.78, 5) is 13.8. The average molecular weight is 257 g/mol. The molecule has 0 saturated carbocycles. The molecule has 0 aromatic carbocycles. The summed E-state index contributed by atoms with van der Waals surface area (Å²) in [7, 11) is 2.14. The van der Waals surface area contributed by atoms with Crippen LogP contribution in [0, 0.1) is 5.92 Å². The Kier molecular flexibility index (Phi) is 7.48. The molecular weight excluding hydrogens is 226 g/mol. The minimum Gasteiger partial charge on any atom is -0.368 e. The third-order valence-electron chi connectivity index (χ3n) is 3.96. The first kappa shape index (κ1) is 17.4. The Hall–Kier alpha value is -0.610. The third-order valence-corrected chi connectivity index (χ3v) is 3.96. The number of primary amides is 1. The molecule has 0 bridgehead atoms. The van der Waals surface area contributed by atoms with Gasteiger partial charge < -0.3 is 16.0 Å². The van der Waals surface area contributed by atoms with E-state index in [2.05, 4.69) is 38.0 Å². The lowest BCUT2D eigenvalue weighted by Crippen LogP contribution is -2.53. The monoisotopic (exact) mass is 257 g/mol. The van der Waals surface area contributed by atoms with Gasteiger partial charge in [0, 0.05) is 6.04 Å². The maximum atomic E-state index is 11.5. The fourth-order valence-corrected chi connectivity index (χ4v) is 2.08. The van der Waals surface area contributed by atoms with Crippen LogP contribution in [0.4, 0.5) is 0 Å². The van der Waals surface area contributed by atoms with E-state index in [9.17, 15) is 4.79 Å². The molecule has 108 valence electrons. The van der Waals surface area contributed by atoms with Crippen LogP contribution in [-0.4, -0.2) is 42.5 Å². The molecule has 4 heteroatoms. The van der Waals surface area contributed by atoms with Crippen molar-refractivity contribution in [1.29, 1.82) is 0 Å². The second-order valence-corrected chi connectivity index (χ2v) is 5.80. The summed E-state index contributed by atoms with van der Waals surface area (Å²) in [5.41, 5.74) is 4.89. The Bertz CT molecular complexity index is 255. The minimum atomic E-state index is -0.573. The van der Waals surface area contributed by atoms with Crippen LogP contribution >= 0.6 is 0 Å². The largest absolute Gasteiger partial charge is 0.368 e. The lowest BCUT2D eigenvalue weighted by molar-refractivity contribution is -0.124. The quantitative estimate of drug-likeness (QED) is 0.659. The average Bonchev–Trinajstić information content (AvgIpc) is 2.27. The lowest BCUT2D eigenvalue weighted by Gasteiger charge is -2.31. The molecule has 2 atom stereocenters. The van der Waals surface area contributed by atoms with Crippen molar-refractivity contribution < 1.29 is 4.79 Å². The zero-order valence-electron chi connectivity index (χ0n) is 12.9. The molecule has 0 aromatic heterocycles. The standard InChI is InChI=1S/C14H31N3O/c1-7-16-14(5,13(15)18)9-8-10-17(6)12(4)11(2)3/h11-12,16H,7-10H2,1-6H3,(H2,15,18). The van der Waals surface area contributed by atoms with Crippen molar-refractivity contribution >= 4 is 5.91 Å². The van der Waals surface area contributed by atoms with Gasteiger partial charge in [-0.05, 0) is 52.7 Å². The molecule has 1 amide bonds. The normalized spacial score (nSPS) is 16.9. The molecule has 0 fully saturated rings. The number of amides is 1. The van der Waals surface area contributed by atoms with E-state index in [0.717, 1.165) is 25.9 Å².